The first-order valence-electron chi connectivity index (χ1n) is 9.18. The zero-order valence-electron chi connectivity index (χ0n) is 15.2. The van der Waals surface area contributed by atoms with E-state index in [0.717, 1.165) is 31.1 Å². The van der Waals surface area contributed by atoms with Gasteiger partial charge in [0.1, 0.15) is 0 Å². The third-order valence-electron chi connectivity index (χ3n) is 6.88. The number of aliphatic hydroxyl groups excluding tert-OH is 1. The average Bonchev–Trinajstić information content (AvgIpc) is 2.41. The predicted molar refractivity (Wildman–Crippen MR) is 92.6 cm³/mol. The lowest BCUT2D eigenvalue weighted by Gasteiger charge is -2.57. The van der Waals surface area contributed by atoms with Gasteiger partial charge in [0, 0.05) is 0 Å². The van der Waals surface area contributed by atoms with Crippen LogP contribution in [0.15, 0.2) is 11.6 Å². The van der Waals surface area contributed by atoms with Gasteiger partial charge in [-0.25, -0.2) is 0 Å². The van der Waals surface area contributed by atoms with Gasteiger partial charge in [0.2, 0.25) is 0 Å². The molecule has 128 valence electrons. The Morgan fingerprint density at radius 2 is 1.86 bits per heavy atom. The normalized spacial score (nSPS) is 42.0. The minimum atomic E-state index is -0.525. The molecule has 2 N–H and O–H groups in total. The molecule has 0 radical (unpaired) electrons. The highest BCUT2D eigenvalue weighted by molar-refractivity contribution is 5.05. The van der Waals surface area contributed by atoms with Gasteiger partial charge >= 0.3 is 0 Å². The van der Waals surface area contributed by atoms with Crippen LogP contribution in [-0.4, -0.2) is 22.4 Å². The van der Waals surface area contributed by atoms with Crippen molar-refractivity contribution in [2.45, 2.75) is 78.7 Å². The summed E-state index contributed by atoms with van der Waals surface area (Å²) < 4.78 is 0. The van der Waals surface area contributed by atoms with Crippen LogP contribution in [0.2, 0.25) is 0 Å². The van der Waals surface area contributed by atoms with Gasteiger partial charge in [-0.2, -0.15) is 0 Å². The van der Waals surface area contributed by atoms with E-state index in [4.69, 9.17) is 5.11 Å². The minimum Gasteiger partial charge on any atom is -0.392 e. The summed E-state index contributed by atoms with van der Waals surface area (Å²) in [5, 5.41) is 20.1. The fraction of sp³-hybridized carbons (Fsp3) is 0.900. The maximum absolute atomic E-state index is 11.0. The average molecular weight is 309 g/mol. The molecule has 0 saturated heterocycles. The SMILES string of the molecule is C/C(=C\CO)CC[C@@H]1[C@H]2[C@H](C)CCC(C)(C)[C@H]2CC[C@@]1(C)O. The second-order valence-electron chi connectivity index (χ2n) is 8.96. The molecule has 5 atom stereocenters. The first-order chi connectivity index (χ1) is 10.2. The third-order valence-corrected chi connectivity index (χ3v) is 6.88. The maximum atomic E-state index is 11.0. The van der Waals surface area contributed by atoms with Crippen molar-refractivity contribution in [3.8, 4) is 0 Å². The lowest BCUT2D eigenvalue weighted by molar-refractivity contribution is -0.137. The van der Waals surface area contributed by atoms with Crippen LogP contribution in [-0.2, 0) is 0 Å². The highest BCUT2D eigenvalue weighted by Crippen LogP contribution is 2.57. The Morgan fingerprint density at radius 3 is 2.50 bits per heavy atom. The number of aliphatic hydroxyl groups is 2. The fourth-order valence-corrected chi connectivity index (χ4v) is 5.35. The van der Waals surface area contributed by atoms with E-state index in [1.54, 1.807) is 0 Å². The van der Waals surface area contributed by atoms with E-state index in [9.17, 15) is 5.11 Å². The number of allylic oxidation sites excluding steroid dienone is 1. The highest BCUT2D eigenvalue weighted by Gasteiger charge is 2.52. The van der Waals surface area contributed by atoms with Crippen LogP contribution >= 0.6 is 0 Å². The molecule has 0 aromatic heterocycles. The van der Waals surface area contributed by atoms with Gasteiger partial charge in [-0.3, -0.25) is 0 Å². The quantitative estimate of drug-likeness (QED) is 0.748. The van der Waals surface area contributed by atoms with Crippen molar-refractivity contribution in [3.05, 3.63) is 11.6 Å². The molecule has 2 aliphatic rings. The van der Waals surface area contributed by atoms with Crippen LogP contribution in [0.1, 0.15) is 73.1 Å². The molecule has 0 aliphatic heterocycles. The topological polar surface area (TPSA) is 40.5 Å². The monoisotopic (exact) mass is 308 g/mol. The van der Waals surface area contributed by atoms with Crippen LogP contribution in [0.5, 0.6) is 0 Å². The van der Waals surface area contributed by atoms with E-state index < -0.39 is 5.60 Å². The Morgan fingerprint density at radius 1 is 1.18 bits per heavy atom. The first kappa shape index (κ1) is 18.0. The van der Waals surface area contributed by atoms with Gasteiger partial charge < -0.3 is 10.2 Å². The molecular formula is C20H36O2. The van der Waals surface area contributed by atoms with Crippen LogP contribution in [0.3, 0.4) is 0 Å². The Kier molecular flexibility index (Phi) is 5.44. The summed E-state index contributed by atoms with van der Waals surface area (Å²) in [4.78, 5) is 0. The van der Waals surface area contributed by atoms with Gasteiger partial charge in [0.15, 0.2) is 0 Å². The number of hydrogen-bond donors (Lipinski definition) is 2. The van der Waals surface area contributed by atoms with E-state index >= 15 is 0 Å². The highest BCUT2D eigenvalue weighted by atomic mass is 16.3. The van der Waals surface area contributed by atoms with Crippen molar-refractivity contribution >= 4 is 0 Å². The van der Waals surface area contributed by atoms with Crippen molar-refractivity contribution in [2.75, 3.05) is 6.61 Å². The summed E-state index contributed by atoms with van der Waals surface area (Å²) in [5.41, 5.74) is 1.15. The Hall–Kier alpha value is -0.340. The molecule has 2 saturated carbocycles. The zero-order valence-corrected chi connectivity index (χ0v) is 15.2. The van der Waals surface area contributed by atoms with Crippen LogP contribution in [0.4, 0.5) is 0 Å². The smallest absolute Gasteiger partial charge is 0.0650 e. The van der Waals surface area contributed by atoms with Crippen LogP contribution in [0, 0.1) is 29.1 Å². The molecule has 0 spiro atoms. The van der Waals surface area contributed by atoms with E-state index in [0.29, 0.717) is 17.3 Å². The van der Waals surface area contributed by atoms with E-state index in [-0.39, 0.29) is 6.61 Å². The van der Waals surface area contributed by atoms with Crippen molar-refractivity contribution in [2.24, 2.45) is 29.1 Å². The number of hydrogen-bond acceptors (Lipinski definition) is 2. The van der Waals surface area contributed by atoms with Crippen molar-refractivity contribution < 1.29 is 10.2 Å². The lowest BCUT2D eigenvalue weighted by atomic mass is 9.49. The number of fused-ring (bicyclic) bond motifs is 1. The molecule has 0 bridgehead atoms. The fourth-order valence-electron chi connectivity index (χ4n) is 5.35. The predicted octanol–water partition coefficient (Wildman–Crippen LogP) is 4.55. The minimum absolute atomic E-state index is 0.127. The van der Waals surface area contributed by atoms with Crippen molar-refractivity contribution in [1.29, 1.82) is 0 Å². The summed E-state index contributed by atoms with van der Waals surface area (Å²) in [6, 6.07) is 0. The second-order valence-corrected chi connectivity index (χ2v) is 8.96. The Labute approximate surface area is 137 Å². The second kappa shape index (κ2) is 6.65. The molecule has 2 nitrogen and oxygen atoms in total. The molecule has 2 fully saturated rings. The summed E-state index contributed by atoms with van der Waals surface area (Å²) in [6.45, 7) is 11.6. The lowest BCUT2D eigenvalue weighted by Crippen LogP contribution is -2.54. The Balaban J connectivity index is 2.20. The van der Waals surface area contributed by atoms with E-state index in [2.05, 4.69) is 34.6 Å². The molecule has 2 heteroatoms. The molecule has 0 amide bonds. The molecule has 0 unspecified atom stereocenters. The standard InChI is InChI=1S/C20H36O2/c1-14(10-13-21)6-7-17-18-15(2)8-11-19(3,4)16(18)9-12-20(17,5)22/h10,15-18,21-22H,6-9,11-13H2,1-5H3/b14-10+/t15-,16+,17-,18+,20-/m1/s1. The third kappa shape index (κ3) is 3.59. The molecular weight excluding hydrogens is 272 g/mol. The van der Waals surface area contributed by atoms with Gasteiger partial charge in [0.05, 0.1) is 12.2 Å². The van der Waals surface area contributed by atoms with Gasteiger partial charge in [-0.05, 0) is 81.5 Å². The van der Waals surface area contributed by atoms with Gasteiger partial charge in [-0.1, -0.05) is 32.4 Å². The molecule has 0 aromatic carbocycles. The molecule has 0 heterocycles. The first-order valence-corrected chi connectivity index (χ1v) is 9.18. The summed E-state index contributed by atoms with van der Waals surface area (Å²) in [7, 11) is 0. The molecule has 2 rings (SSSR count). The molecule has 2 aliphatic carbocycles. The summed E-state index contributed by atoms with van der Waals surface area (Å²) in [6.07, 6.45) is 8.70. The molecule has 22 heavy (non-hydrogen) atoms. The van der Waals surface area contributed by atoms with Gasteiger partial charge in [-0.15, -0.1) is 0 Å². The van der Waals surface area contributed by atoms with Crippen LogP contribution < -0.4 is 0 Å². The largest absolute Gasteiger partial charge is 0.392 e. The van der Waals surface area contributed by atoms with Crippen molar-refractivity contribution in [3.63, 3.8) is 0 Å². The Bertz CT molecular complexity index is 408. The van der Waals surface area contributed by atoms with Crippen molar-refractivity contribution in [1.82, 2.24) is 0 Å². The molecule has 0 aromatic rings. The van der Waals surface area contributed by atoms with Crippen LogP contribution in [0.25, 0.3) is 0 Å². The maximum Gasteiger partial charge on any atom is 0.0650 e. The summed E-state index contributed by atoms with van der Waals surface area (Å²) in [5.74, 6) is 2.51. The van der Waals surface area contributed by atoms with E-state index in [1.165, 1.54) is 24.8 Å². The van der Waals surface area contributed by atoms with E-state index in [1.807, 2.05) is 6.08 Å². The number of rotatable bonds is 4. The van der Waals surface area contributed by atoms with Gasteiger partial charge in [0.25, 0.3) is 0 Å². The summed E-state index contributed by atoms with van der Waals surface area (Å²) >= 11 is 0. The zero-order chi connectivity index (χ0) is 16.5.